The first-order chi connectivity index (χ1) is 9.72. The first kappa shape index (κ1) is 12.8. The fraction of sp³-hybridized carbons (Fsp3) is 0.0625. The lowest BCUT2D eigenvalue weighted by Gasteiger charge is -2.01. The summed E-state index contributed by atoms with van der Waals surface area (Å²) in [5, 5.41) is 6.09. The highest BCUT2D eigenvalue weighted by Crippen LogP contribution is 2.19. The molecule has 0 aliphatic carbocycles. The number of hydrogen-bond acceptors (Lipinski definition) is 3. The normalized spacial score (nSPS) is 11.8. The fourth-order valence-corrected chi connectivity index (χ4v) is 2.01. The van der Waals surface area contributed by atoms with Crippen LogP contribution in [0.25, 0.3) is 11.0 Å². The Morgan fingerprint density at radius 3 is 2.60 bits per heavy atom. The van der Waals surface area contributed by atoms with E-state index < -0.39 is 0 Å². The number of fused-ring (bicyclic) bond motifs is 1. The summed E-state index contributed by atoms with van der Waals surface area (Å²) >= 11 is 5.84. The summed E-state index contributed by atoms with van der Waals surface area (Å²) in [6, 6.07) is 17.3. The fourth-order valence-electron chi connectivity index (χ4n) is 1.89. The highest BCUT2D eigenvalue weighted by Gasteiger charge is 2.05. The van der Waals surface area contributed by atoms with Crippen LogP contribution in [0.4, 0.5) is 5.69 Å². The maximum absolute atomic E-state index is 5.84. The predicted molar refractivity (Wildman–Crippen MR) is 83.5 cm³/mol. The Bertz CT molecular complexity index is 727. The van der Waals surface area contributed by atoms with Crippen molar-refractivity contribution < 1.29 is 4.42 Å². The number of para-hydroxylation sites is 1. The maximum atomic E-state index is 5.84. The van der Waals surface area contributed by atoms with Gasteiger partial charge in [0.1, 0.15) is 11.3 Å². The first-order valence-corrected chi connectivity index (χ1v) is 6.65. The summed E-state index contributed by atoms with van der Waals surface area (Å²) in [7, 11) is 0. The summed E-state index contributed by atoms with van der Waals surface area (Å²) in [5.74, 6) is 0.757. The number of furan rings is 1. The number of rotatable bonds is 3. The Morgan fingerprint density at radius 1 is 1.10 bits per heavy atom. The third kappa shape index (κ3) is 2.68. The lowest BCUT2D eigenvalue weighted by molar-refractivity contribution is 0.604. The molecule has 4 heteroatoms. The minimum Gasteiger partial charge on any atom is -0.455 e. The minimum atomic E-state index is 0.702. The SMILES string of the molecule is C/C(=N/Nc1ccc(Cl)cc1)c1cc2ccccc2o1. The van der Waals surface area contributed by atoms with Gasteiger partial charge in [0.05, 0.1) is 5.69 Å². The second-order valence-electron chi connectivity index (χ2n) is 4.46. The molecule has 3 rings (SSSR count). The van der Waals surface area contributed by atoms with E-state index in [9.17, 15) is 0 Å². The summed E-state index contributed by atoms with van der Waals surface area (Å²) in [6.07, 6.45) is 0. The molecular formula is C16H13ClN2O. The molecule has 0 aliphatic rings. The summed E-state index contributed by atoms with van der Waals surface area (Å²) < 4.78 is 5.75. The monoisotopic (exact) mass is 284 g/mol. The van der Waals surface area contributed by atoms with Crippen LogP contribution in [-0.2, 0) is 0 Å². The molecule has 100 valence electrons. The number of nitrogens with one attached hydrogen (secondary N) is 1. The van der Waals surface area contributed by atoms with E-state index in [1.807, 2.05) is 61.5 Å². The summed E-state index contributed by atoms with van der Waals surface area (Å²) in [5.41, 5.74) is 5.52. The molecule has 0 bridgehead atoms. The predicted octanol–water partition coefficient (Wildman–Crippen LogP) is 4.92. The average molecular weight is 285 g/mol. The van der Waals surface area contributed by atoms with Gasteiger partial charge in [-0.15, -0.1) is 0 Å². The standard InChI is InChI=1S/C16H13ClN2O/c1-11(18-19-14-8-6-13(17)7-9-14)16-10-12-4-2-3-5-15(12)20-16/h2-10,19H,1H3/b18-11-. The number of hydrogen-bond donors (Lipinski definition) is 1. The van der Waals surface area contributed by atoms with Crippen LogP contribution in [0.3, 0.4) is 0 Å². The van der Waals surface area contributed by atoms with Crippen molar-refractivity contribution in [2.75, 3.05) is 5.43 Å². The van der Waals surface area contributed by atoms with Gasteiger partial charge in [-0.25, -0.2) is 0 Å². The van der Waals surface area contributed by atoms with E-state index >= 15 is 0 Å². The molecule has 0 spiro atoms. The Balaban J connectivity index is 1.82. The second kappa shape index (κ2) is 5.39. The van der Waals surface area contributed by atoms with Gasteiger partial charge in [-0.2, -0.15) is 5.10 Å². The molecule has 0 radical (unpaired) electrons. The molecule has 0 saturated heterocycles. The number of nitrogens with zero attached hydrogens (tertiary/aromatic N) is 1. The van der Waals surface area contributed by atoms with Crippen molar-refractivity contribution in [2.24, 2.45) is 5.10 Å². The van der Waals surface area contributed by atoms with Crippen LogP contribution in [0.1, 0.15) is 12.7 Å². The van der Waals surface area contributed by atoms with Crippen molar-refractivity contribution in [3.63, 3.8) is 0 Å². The Kier molecular flexibility index (Phi) is 3.44. The molecule has 0 aliphatic heterocycles. The van der Waals surface area contributed by atoms with Crippen LogP contribution < -0.4 is 5.43 Å². The zero-order valence-electron chi connectivity index (χ0n) is 10.9. The number of anilines is 1. The topological polar surface area (TPSA) is 37.5 Å². The van der Waals surface area contributed by atoms with E-state index in [0.717, 1.165) is 28.1 Å². The lowest BCUT2D eigenvalue weighted by Crippen LogP contribution is -1.97. The van der Waals surface area contributed by atoms with E-state index in [2.05, 4.69) is 10.5 Å². The smallest absolute Gasteiger partial charge is 0.151 e. The van der Waals surface area contributed by atoms with Crippen LogP contribution in [0.15, 0.2) is 64.1 Å². The van der Waals surface area contributed by atoms with E-state index in [1.165, 1.54) is 0 Å². The molecule has 0 unspecified atom stereocenters. The van der Waals surface area contributed by atoms with Crippen molar-refractivity contribution in [3.8, 4) is 0 Å². The van der Waals surface area contributed by atoms with Gasteiger partial charge >= 0.3 is 0 Å². The Morgan fingerprint density at radius 2 is 1.85 bits per heavy atom. The Hall–Kier alpha value is -2.26. The van der Waals surface area contributed by atoms with Gasteiger partial charge in [0.25, 0.3) is 0 Å². The first-order valence-electron chi connectivity index (χ1n) is 6.27. The second-order valence-corrected chi connectivity index (χ2v) is 4.90. The van der Waals surface area contributed by atoms with E-state index in [4.69, 9.17) is 16.0 Å². The van der Waals surface area contributed by atoms with E-state index in [0.29, 0.717) is 5.02 Å². The highest BCUT2D eigenvalue weighted by molar-refractivity contribution is 6.30. The third-order valence-electron chi connectivity index (χ3n) is 2.98. The molecule has 0 amide bonds. The van der Waals surface area contributed by atoms with Crippen LogP contribution in [0.2, 0.25) is 5.02 Å². The van der Waals surface area contributed by atoms with Crippen LogP contribution in [-0.4, -0.2) is 5.71 Å². The van der Waals surface area contributed by atoms with Gasteiger partial charge in [0.15, 0.2) is 5.76 Å². The van der Waals surface area contributed by atoms with Gasteiger partial charge in [0, 0.05) is 10.4 Å². The molecule has 2 aromatic carbocycles. The van der Waals surface area contributed by atoms with Crippen LogP contribution >= 0.6 is 11.6 Å². The molecule has 20 heavy (non-hydrogen) atoms. The molecule has 0 atom stereocenters. The number of hydrazone groups is 1. The highest BCUT2D eigenvalue weighted by atomic mass is 35.5. The third-order valence-corrected chi connectivity index (χ3v) is 3.23. The molecule has 0 saturated carbocycles. The maximum Gasteiger partial charge on any atom is 0.151 e. The van der Waals surface area contributed by atoms with Gasteiger partial charge in [-0.3, -0.25) is 5.43 Å². The summed E-state index contributed by atoms with van der Waals surface area (Å²) in [4.78, 5) is 0. The zero-order chi connectivity index (χ0) is 13.9. The molecule has 1 aromatic heterocycles. The zero-order valence-corrected chi connectivity index (χ0v) is 11.7. The van der Waals surface area contributed by atoms with Gasteiger partial charge in [-0.1, -0.05) is 29.8 Å². The van der Waals surface area contributed by atoms with Crippen molar-refractivity contribution >= 4 is 34.0 Å². The molecule has 3 aromatic rings. The summed E-state index contributed by atoms with van der Waals surface area (Å²) in [6.45, 7) is 1.90. The number of benzene rings is 2. The van der Waals surface area contributed by atoms with Crippen molar-refractivity contribution in [1.29, 1.82) is 0 Å². The molecule has 0 fully saturated rings. The van der Waals surface area contributed by atoms with Gasteiger partial charge in [0.2, 0.25) is 0 Å². The molecule has 1 heterocycles. The van der Waals surface area contributed by atoms with E-state index in [-0.39, 0.29) is 0 Å². The minimum absolute atomic E-state index is 0.702. The van der Waals surface area contributed by atoms with Crippen molar-refractivity contribution in [1.82, 2.24) is 0 Å². The quantitative estimate of drug-likeness (QED) is 0.547. The molecule has 1 N–H and O–H groups in total. The average Bonchev–Trinajstić information content (AvgIpc) is 2.90. The van der Waals surface area contributed by atoms with Crippen molar-refractivity contribution in [3.05, 3.63) is 65.4 Å². The molecule has 3 nitrogen and oxygen atoms in total. The van der Waals surface area contributed by atoms with E-state index in [1.54, 1.807) is 0 Å². The van der Waals surface area contributed by atoms with Gasteiger partial charge in [-0.05, 0) is 43.3 Å². The molecular weight excluding hydrogens is 272 g/mol. The van der Waals surface area contributed by atoms with Crippen LogP contribution in [0.5, 0.6) is 0 Å². The largest absolute Gasteiger partial charge is 0.455 e. The van der Waals surface area contributed by atoms with Gasteiger partial charge < -0.3 is 4.42 Å². The lowest BCUT2D eigenvalue weighted by atomic mass is 10.2. The number of halogens is 1. The Labute approximate surface area is 121 Å². The van der Waals surface area contributed by atoms with Crippen molar-refractivity contribution in [2.45, 2.75) is 6.92 Å². The van der Waals surface area contributed by atoms with Crippen LogP contribution in [0, 0.1) is 0 Å².